The average molecular weight is 253 g/mol. The van der Waals surface area contributed by atoms with Crippen LogP contribution in [0, 0.1) is 0 Å². The zero-order valence-electron chi connectivity index (χ0n) is 11.4. The van der Waals surface area contributed by atoms with Crippen molar-refractivity contribution in [2.75, 3.05) is 13.2 Å². The fourth-order valence-corrected chi connectivity index (χ4v) is 1.67. The standard InChI is InChI=1S/C13H23N3O2/c1-4-16-12(9-11(15-16)10(2)3)13(18)14-7-5-6-8-17/h9-10,17H,4-8H2,1-3H3,(H,14,18). The lowest BCUT2D eigenvalue weighted by Crippen LogP contribution is -2.27. The van der Waals surface area contributed by atoms with Gasteiger partial charge in [0.25, 0.3) is 5.91 Å². The second-order valence-corrected chi connectivity index (χ2v) is 4.61. The van der Waals surface area contributed by atoms with E-state index >= 15 is 0 Å². The summed E-state index contributed by atoms with van der Waals surface area (Å²) in [4.78, 5) is 12.0. The van der Waals surface area contributed by atoms with Crippen molar-refractivity contribution in [2.45, 2.75) is 46.1 Å². The Morgan fingerprint density at radius 2 is 2.22 bits per heavy atom. The van der Waals surface area contributed by atoms with Crippen molar-refractivity contribution < 1.29 is 9.90 Å². The molecular weight excluding hydrogens is 230 g/mol. The SMILES string of the molecule is CCn1nc(C(C)C)cc1C(=O)NCCCCO. The Morgan fingerprint density at radius 1 is 1.50 bits per heavy atom. The number of amides is 1. The molecule has 0 unspecified atom stereocenters. The molecule has 0 aromatic carbocycles. The molecule has 0 atom stereocenters. The van der Waals surface area contributed by atoms with Crippen LogP contribution < -0.4 is 5.32 Å². The molecule has 0 aliphatic heterocycles. The van der Waals surface area contributed by atoms with E-state index in [0.717, 1.165) is 12.1 Å². The van der Waals surface area contributed by atoms with Gasteiger partial charge in [0, 0.05) is 19.7 Å². The van der Waals surface area contributed by atoms with Gasteiger partial charge in [0.05, 0.1) is 5.69 Å². The number of carbonyl (C=O) groups excluding carboxylic acids is 1. The molecule has 1 rings (SSSR count). The highest BCUT2D eigenvalue weighted by atomic mass is 16.2. The van der Waals surface area contributed by atoms with Crippen LogP contribution in [-0.2, 0) is 6.54 Å². The Kier molecular flexibility index (Phi) is 5.85. The summed E-state index contributed by atoms with van der Waals surface area (Å²) in [6.07, 6.45) is 1.50. The van der Waals surface area contributed by atoms with Crippen LogP contribution >= 0.6 is 0 Å². The summed E-state index contributed by atoms with van der Waals surface area (Å²) in [7, 11) is 0. The maximum Gasteiger partial charge on any atom is 0.269 e. The average Bonchev–Trinajstić information content (AvgIpc) is 2.78. The van der Waals surface area contributed by atoms with Crippen molar-refractivity contribution >= 4 is 5.91 Å². The lowest BCUT2D eigenvalue weighted by Gasteiger charge is -2.05. The van der Waals surface area contributed by atoms with E-state index in [1.165, 1.54) is 0 Å². The highest BCUT2D eigenvalue weighted by molar-refractivity contribution is 5.92. The number of rotatable bonds is 7. The molecule has 1 amide bonds. The summed E-state index contributed by atoms with van der Waals surface area (Å²) in [5, 5.41) is 15.9. The molecule has 2 N–H and O–H groups in total. The van der Waals surface area contributed by atoms with Gasteiger partial charge in [-0.25, -0.2) is 0 Å². The van der Waals surface area contributed by atoms with E-state index in [2.05, 4.69) is 24.3 Å². The van der Waals surface area contributed by atoms with Crippen molar-refractivity contribution in [3.8, 4) is 0 Å². The van der Waals surface area contributed by atoms with Gasteiger partial charge in [0.1, 0.15) is 5.69 Å². The van der Waals surface area contributed by atoms with Crippen molar-refractivity contribution in [3.05, 3.63) is 17.5 Å². The second-order valence-electron chi connectivity index (χ2n) is 4.61. The molecule has 18 heavy (non-hydrogen) atoms. The lowest BCUT2D eigenvalue weighted by molar-refractivity contribution is 0.0941. The van der Waals surface area contributed by atoms with Crippen molar-refractivity contribution in [2.24, 2.45) is 0 Å². The molecule has 1 aromatic rings. The zero-order valence-corrected chi connectivity index (χ0v) is 11.4. The number of nitrogens with zero attached hydrogens (tertiary/aromatic N) is 2. The molecule has 0 aliphatic carbocycles. The highest BCUT2D eigenvalue weighted by Gasteiger charge is 2.15. The number of hydrogen-bond acceptors (Lipinski definition) is 3. The largest absolute Gasteiger partial charge is 0.396 e. The Labute approximate surface area is 108 Å². The number of aliphatic hydroxyl groups is 1. The van der Waals surface area contributed by atoms with Crippen LogP contribution in [0.25, 0.3) is 0 Å². The molecule has 1 aromatic heterocycles. The first kappa shape index (κ1) is 14.7. The minimum atomic E-state index is -0.0887. The Morgan fingerprint density at radius 3 is 2.78 bits per heavy atom. The minimum Gasteiger partial charge on any atom is -0.396 e. The van der Waals surface area contributed by atoms with Gasteiger partial charge in [-0.2, -0.15) is 5.10 Å². The second kappa shape index (κ2) is 7.16. The summed E-state index contributed by atoms with van der Waals surface area (Å²) in [6.45, 7) is 7.54. The molecule has 5 nitrogen and oxygen atoms in total. The highest BCUT2D eigenvalue weighted by Crippen LogP contribution is 2.14. The first-order valence-electron chi connectivity index (χ1n) is 6.57. The fraction of sp³-hybridized carbons (Fsp3) is 0.692. The van der Waals surface area contributed by atoms with E-state index in [1.54, 1.807) is 4.68 Å². The smallest absolute Gasteiger partial charge is 0.269 e. The lowest BCUT2D eigenvalue weighted by atomic mass is 10.1. The molecule has 0 aliphatic rings. The van der Waals surface area contributed by atoms with Gasteiger partial charge in [-0.3, -0.25) is 9.48 Å². The summed E-state index contributed by atoms with van der Waals surface area (Å²) in [5.74, 6) is 0.230. The van der Waals surface area contributed by atoms with E-state index in [-0.39, 0.29) is 12.5 Å². The zero-order chi connectivity index (χ0) is 13.5. The third-order valence-corrected chi connectivity index (χ3v) is 2.79. The third-order valence-electron chi connectivity index (χ3n) is 2.79. The van der Waals surface area contributed by atoms with Crippen LogP contribution in [0.4, 0.5) is 0 Å². The quantitative estimate of drug-likeness (QED) is 0.724. The maximum absolute atomic E-state index is 12.0. The topological polar surface area (TPSA) is 67.2 Å². The van der Waals surface area contributed by atoms with Gasteiger partial charge in [-0.15, -0.1) is 0 Å². The molecule has 0 radical (unpaired) electrons. The van der Waals surface area contributed by atoms with Gasteiger partial charge < -0.3 is 10.4 Å². The molecule has 5 heteroatoms. The predicted molar refractivity (Wildman–Crippen MR) is 70.6 cm³/mol. The monoisotopic (exact) mass is 253 g/mol. The molecule has 0 spiro atoms. The van der Waals surface area contributed by atoms with Crippen LogP contribution in [0.15, 0.2) is 6.07 Å². The van der Waals surface area contributed by atoms with Gasteiger partial charge in [-0.1, -0.05) is 13.8 Å². The number of carbonyl (C=O) groups is 1. The normalized spacial score (nSPS) is 10.9. The number of nitrogens with one attached hydrogen (secondary N) is 1. The first-order chi connectivity index (χ1) is 8.60. The van der Waals surface area contributed by atoms with Crippen molar-refractivity contribution in [1.82, 2.24) is 15.1 Å². The molecule has 0 bridgehead atoms. The number of aliphatic hydroxyl groups excluding tert-OH is 1. The number of aromatic nitrogens is 2. The van der Waals surface area contributed by atoms with Crippen LogP contribution in [0.1, 0.15) is 55.7 Å². The summed E-state index contributed by atoms with van der Waals surface area (Å²) < 4.78 is 1.73. The Bertz CT molecular complexity index is 386. The molecule has 0 saturated heterocycles. The Balaban J connectivity index is 2.66. The number of hydrogen-bond donors (Lipinski definition) is 2. The molecular formula is C13H23N3O2. The van der Waals surface area contributed by atoms with Crippen molar-refractivity contribution in [3.63, 3.8) is 0 Å². The van der Waals surface area contributed by atoms with Crippen LogP contribution in [0.2, 0.25) is 0 Å². The van der Waals surface area contributed by atoms with Crippen LogP contribution in [0.5, 0.6) is 0 Å². The predicted octanol–water partition coefficient (Wildman–Crippen LogP) is 1.53. The van der Waals surface area contributed by atoms with E-state index in [4.69, 9.17) is 5.11 Å². The molecule has 1 heterocycles. The van der Waals surface area contributed by atoms with Crippen molar-refractivity contribution in [1.29, 1.82) is 0 Å². The summed E-state index contributed by atoms with van der Waals surface area (Å²) in [6, 6.07) is 1.86. The van der Waals surface area contributed by atoms with Crippen LogP contribution in [0.3, 0.4) is 0 Å². The summed E-state index contributed by atoms with van der Waals surface area (Å²) >= 11 is 0. The van der Waals surface area contributed by atoms with E-state index in [0.29, 0.717) is 31.1 Å². The number of aryl methyl sites for hydroxylation is 1. The van der Waals surface area contributed by atoms with E-state index < -0.39 is 0 Å². The van der Waals surface area contributed by atoms with Crippen LogP contribution in [-0.4, -0.2) is 33.9 Å². The first-order valence-corrected chi connectivity index (χ1v) is 6.57. The number of unbranched alkanes of at least 4 members (excludes halogenated alkanes) is 1. The van der Waals surface area contributed by atoms with E-state index in [9.17, 15) is 4.79 Å². The maximum atomic E-state index is 12.0. The molecule has 0 saturated carbocycles. The third kappa shape index (κ3) is 3.84. The molecule has 0 fully saturated rings. The van der Waals surface area contributed by atoms with Gasteiger partial charge >= 0.3 is 0 Å². The molecule has 102 valence electrons. The van der Waals surface area contributed by atoms with E-state index in [1.807, 2.05) is 13.0 Å². The Hall–Kier alpha value is -1.36. The van der Waals surface area contributed by atoms with Gasteiger partial charge in [0.2, 0.25) is 0 Å². The van der Waals surface area contributed by atoms with Gasteiger partial charge in [0.15, 0.2) is 0 Å². The van der Waals surface area contributed by atoms with Gasteiger partial charge in [-0.05, 0) is 31.7 Å². The fourth-order valence-electron chi connectivity index (χ4n) is 1.67. The minimum absolute atomic E-state index is 0.0887. The summed E-state index contributed by atoms with van der Waals surface area (Å²) in [5.41, 5.74) is 1.56.